The monoisotopic (exact) mass is 201 g/mol. The van der Waals surface area contributed by atoms with Gasteiger partial charge in [-0.3, -0.25) is 0 Å². The smallest absolute Gasteiger partial charge is 0.0248 e. The molecule has 0 nitrogen and oxygen atoms in total. The summed E-state index contributed by atoms with van der Waals surface area (Å²) in [7, 11) is 0. The fraction of sp³-hybridized carbons (Fsp3) is 0.533. The Morgan fingerprint density at radius 3 is 2.40 bits per heavy atom. The molecule has 1 aliphatic carbocycles. The number of benzene rings is 1. The van der Waals surface area contributed by atoms with Crippen LogP contribution >= 0.6 is 0 Å². The molecule has 0 heterocycles. The Bertz CT molecular complexity index is 269. The minimum absolute atomic E-state index is 0.815. The molecule has 0 bridgehead atoms. The van der Waals surface area contributed by atoms with Crippen molar-refractivity contribution in [2.24, 2.45) is 11.8 Å². The Balaban J connectivity index is 1.96. The van der Waals surface area contributed by atoms with Gasteiger partial charge in [0.05, 0.1) is 0 Å². The van der Waals surface area contributed by atoms with Crippen molar-refractivity contribution in [2.45, 2.75) is 38.5 Å². The minimum Gasteiger partial charge on any atom is -0.0622 e. The molecule has 0 aliphatic heterocycles. The lowest BCUT2D eigenvalue weighted by atomic mass is 9.84. The van der Waals surface area contributed by atoms with Crippen LogP contribution in [0.15, 0.2) is 30.3 Å². The Kier molecular flexibility index (Phi) is 3.82. The molecule has 1 fully saturated rings. The van der Waals surface area contributed by atoms with E-state index in [0.29, 0.717) is 0 Å². The highest BCUT2D eigenvalue weighted by molar-refractivity contribution is 5.15. The van der Waals surface area contributed by atoms with Crippen LogP contribution in [0.3, 0.4) is 0 Å². The molecule has 81 valence electrons. The van der Waals surface area contributed by atoms with Gasteiger partial charge in [0, 0.05) is 0 Å². The fourth-order valence-electron chi connectivity index (χ4n) is 2.85. The van der Waals surface area contributed by atoms with Gasteiger partial charge >= 0.3 is 0 Å². The number of hydrogen-bond donors (Lipinski definition) is 0. The zero-order valence-corrected chi connectivity index (χ0v) is 9.49. The van der Waals surface area contributed by atoms with Crippen LogP contribution in [0.2, 0.25) is 0 Å². The molecule has 1 aliphatic rings. The van der Waals surface area contributed by atoms with E-state index in [-0.39, 0.29) is 0 Å². The summed E-state index contributed by atoms with van der Waals surface area (Å²) >= 11 is 0. The van der Waals surface area contributed by atoms with Crippen LogP contribution in [0.5, 0.6) is 0 Å². The van der Waals surface area contributed by atoms with Gasteiger partial charge in [0.25, 0.3) is 0 Å². The summed E-state index contributed by atoms with van der Waals surface area (Å²) in [4.78, 5) is 0. The second-order valence-electron chi connectivity index (χ2n) is 4.78. The summed E-state index contributed by atoms with van der Waals surface area (Å²) in [6, 6.07) is 10.9. The van der Waals surface area contributed by atoms with Crippen LogP contribution in [0.4, 0.5) is 0 Å². The maximum atomic E-state index is 4.13. The molecule has 0 spiro atoms. The molecule has 1 aromatic rings. The molecule has 1 atom stereocenters. The second kappa shape index (κ2) is 5.34. The maximum Gasteiger partial charge on any atom is -0.0248 e. The van der Waals surface area contributed by atoms with Crippen molar-refractivity contribution in [3.05, 3.63) is 42.8 Å². The first-order valence-electron chi connectivity index (χ1n) is 6.23. The van der Waals surface area contributed by atoms with Gasteiger partial charge in [-0.1, -0.05) is 62.9 Å². The van der Waals surface area contributed by atoms with Crippen molar-refractivity contribution in [2.75, 3.05) is 0 Å². The summed E-state index contributed by atoms with van der Waals surface area (Å²) in [5.41, 5.74) is 1.48. The van der Waals surface area contributed by atoms with Crippen LogP contribution in [0.1, 0.15) is 37.7 Å². The van der Waals surface area contributed by atoms with Gasteiger partial charge in [-0.05, 0) is 30.2 Å². The first-order valence-corrected chi connectivity index (χ1v) is 6.23. The van der Waals surface area contributed by atoms with Crippen molar-refractivity contribution in [1.82, 2.24) is 0 Å². The molecule has 15 heavy (non-hydrogen) atoms. The highest BCUT2D eigenvalue weighted by Crippen LogP contribution is 2.34. The second-order valence-corrected chi connectivity index (χ2v) is 4.78. The molecular formula is C15H21. The van der Waals surface area contributed by atoms with Crippen molar-refractivity contribution in [3.63, 3.8) is 0 Å². The standard InChI is InChI=1S/C15H21/c1-2-14(15-10-6-7-11-15)12-13-8-4-3-5-9-13/h3-5,8-9,14-15H,1-2,6-7,10-12H2. The Hall–Kier alpha value is -0.780. The first-order chi connectivity index (χ1) is 7.40. The average Bonchev–Trinajstić information content (AvgIpc) is 2.81. The van der Waals surface area contributed by atoms with Crippen LogP contribution in [0, 0.1) is 18.8 Å². The fourth-order valence-corrected chi connectivity index (χ4v) is 2.85. The quantitative estimate of drug-likeness (QED) is 0.683. The normalized spacial score (nSPS) is 19.3. The predicted molar refractivity (Wildman–Crippen MR) is 65.6 cm³/mol. The summed E-state index contributed by atoms with van der Waals surface area (Å²) in [5, 5.41) is 0. The maximum absolute atomic E-state index is 4.13. The molecule has 2 rings (SSSR count). The lowest BCUT2D eigenvalue weighted by Gasteiger charge is -2.21. The van der Waals surface area contributed by atoms with E-state index in [1.807, 2.05) is 0 Å². The van der Waals surface area contributed by atoms with Crippen molar-refractivity contribution >= 4 is 0 Å². The van der Waals surface area contributed by atoms with Gasteiger partial charge in [0.15, 0.2) is 0 Å². The van der Waals surface area contributed by atoms with E-state index < -0.39 is 0 Å². The van der Waals surface area contributed by atoms with Crippen LogP contribution in [-0.2, 0) is 6.42 Å². The third-order valence-electron chi connectivity index (χ3n) is 3.78. The van der Waals surface area contributed by atoms with Gasteiger partial charge < -0.3 is 0 Å². The molecule has 0 saturated heterocycles. The molecule has 0 heteroatoms. The molecule has 1 aromatic carbocycles. The predicted octanol–water partition coefficient (Wildman–Crippen LogP) is 4.26. The van der Waals surface area contributed by atoms with E-state index in [0.717, 1.165) is 18.3 Å². The Morgan fingerprint density at radius 1 is 1.13 bits per heavy atom. The molecule has 1 saturated carbocycles. The van der Waals surface area contributed by atoms with Gasteiger partial charge in [0.2, 0.25) is 0 Å². The Labute approximate surface area is 93.7 Å². The summed E-state index contributed by atoms with van der Waals surface area (Å²) < 4.78 is 0. The molecule has 0 amide bonds. The zero-order chi connectivity index (χ0) is 10.5. The third-order valence-corrected chi connectivity index (χ3v) is 3.78. The van der Waals surface area contributed by atoms with Crippen LogP contribution < -0.4 is 0 Å². The molecular weight excluding hydrogens is 180 g/mol. The summed E-state index contributed by atoms with van der Waals surface area (Å²) in [6.45, 7) is 4.13. The third kappa shape index (κ3) is 2.84. The van der Waals surface area contributed by atoms with E-state index in [2.05, 4.69) is 37.3 Å². The van der Waals surface area contributed by atoms with Crippen molar-refractivity contribution in [3.8, 4) is 0 Å². The lowest BCUT2D eigenvalue weighted by Crippen LogP contribution is -2.13. The number of rotatable bonds is 4. The minimum atomic E-state index is 0.815. The van der Waals surface area contributed by atoms with Crippen molar-refractivity contribution in [1.29, 1.82) is 0 Å². The van der Waals surface area contributed by atoms with Gasteiger partial charge in [-0.25, -0.2) is 0 Å². The zero-order valence-electron chi connectivity index (χ0n) is 9.49. The van der Waals surface area contributed by atoms with E-state index in [4.69, 9.17) is 0 Å². The average molecular weight is 201 g/mol. The summed E-state index contributed by atoms with van der Waals surface area (Å²) in [5.74, 6) is 1.76. The topological polar surface area (TPSA) is 0 Å². The highest BCUT2D eigenvalue weighted by Gasteiger charge is 2.23. The van der Waals surface area contributed by atoms with Crippen LogP contribution in [-0.4, -0.2) is 0 Å². The highest BCUT2D eigenvalue weighted by atomic mass is 14.3. The number of hydrogen-bond acceptors (Lipinski definition) is 0. The first kappa shape index (κ1) is 10.7. The lowest BCUT2D eigenvalue weighted by molar-refractivity contribution is 0.338. The molecule has 0 N–H and O–H groups in total. The van der Waals surface area contributed by atoms with Crippen molar-refractivity contribution < 1.29 is 0 Å². The van der Waals surface area contributed by atoms with Crippen LogP contribution in [0.25, 0.3) is 0 Å². The SMILES string of the molecule is [CH2]CC(Cc1ccccc1)C1CCCC1. The summed E-state index contributed by atoms with van der Waals surface area (Å²) in [6.07, 6.45) is 8.08. The largest absolute Gasteiger partial charge is 0.0622 e. The van der Waals surface area contributed by atoms with Gasteiger partial charge in [-0.2, -0.15) is 0 Å². The van der Waals surface area contributed by atoms with Gasteiger partial charge in [0.1, 0.15) is 0 Å². The van der Waals surface area contributed by atoms with Gasteiger partial charge in [-0.15, -0.1) is 0 Å². The van der Waals surface area contributed by atoms with E-state index in [1.54, 1.807) is 0 Å². The van der Waals surface area contributed by atoms with E-state index >= 15 is 0 Å². The van der Waals surface area contributed by atoms with E-state index in [9.17, 15) is 0 Å². The molecule has 1 unspecified atom stereocenters. The Morgan fingerprint density at radius 2 is 1.80 bits per heavy atom. The molecule has 0 aromatic heterocycles. The molecule has 1 radical (unpaired) electrons. The van der Waals surface area contributed by atoms with E-state index in [1.165, 1.54) is 37.7 Å².